The number of nitrogens with one attached hydrogen (secondary N) is 1. The van der Waals surface area contributed by atoms with Crippen molar-refractivity contribution in [3.8, 4) is 0 Å². The molecule has 0 saturated carbocycles. The molecule has 1 aliphatic heterocycles. The van der Waals surface area contributed by atoms with Crippen LogP contribution in [0.2, 0.25) is 0 Å². The van der Waals surface area contributed by atoms with Crippen LogP contribution in [0.3, 0.4) is 0 Å². The van der Waals surface area contributed by atoms with Gasteiger partial charge in [-0.3, -0.25) is 0 Å². The third-order valence-electron chi connectivity index (χ3n) is 2.39. The predicted octanol–water partition coefficient (Wildman–Crippen LogP) is -0.264. The molecule has 5 nitrogen and oxygen atoms in total. The fourth-order valence-electron chi connectivity index (χ4n) is 1.59. The minimum Gasteiger partial charge on any atom is -0.366 e. The molecule has 6 heteroatoms. The maximum Gasteiger partial charge on any atom is 0.244 e. The number of sulfonamides is 1. The Morgan fingerprint density at radius 3 is 2.86 bits per heavy atom. The van der Waals surface area contributed by atoms with Gasteiger partial charge < -0.3 is 10.7 Å². The van der Waals surface area contributed by atoms with Crippen molar-refractivity contribution in [2.45, 2.75) is 17.4 Å². The van der Waals surface area contributed by atoms with Gasteiger partial charge in [-0.25, -0.2) is 8.42 Å². The SMILES string of the molecule is N[C@@H]1CCN(S(=O)(=O)c2cc[nH]c2)C1. The second kappa shape index (κ2) is 3.38. The Balaban J connectivity index is 2.26. The first-order chi connectivity index (χ1) is 6.60. The van der Waals surface area contributed by atoms with Crippen LogP contribution < -0.4 is 5.73 Å². The summed E-state index contributed by atoms with van der Waals surface area (Å²) in [6.07, 6.45) is 3.83. The van der Waals surface area contributed by atoms with Gasteiger partial charge in [0, 0.05) is 31.5 Å². The highest BCUT2D eigenvalue weighted by Crippen LogP contribution is 2.19. The Kier molecular flexibility index (Phi) is 2.34. The molecule has 1 aromatic heterocycles. The van der Waals surface area contributed by atoms with E-state index in [1.807, 2.05) is 0 Å². The van der Waals surface area contributed by atoms with Crippen molar-refractivity contribution >= 4 is 10.0 Å². The molecule has 1 aromatic rings. The smallest absolute Gasteiger partial charge is 0.244 e. The number of hydrogen-bond acceptors (Lipinski definition) is 3. The van der Waals surface area contributed by atoms with E-state index in [2.05, 4.69) is 4.98 Å². The first-order valence-corrected chi connectivity index (χ1v) is 5.93. The van der Waals surface area contributed by atoms with Crippen LogP contribution >= 0.6 is 0 Å². The Morgan fingerprint density at radius 1 is 1.57 bits per heavy atom. The highest BCUT2D eigenvalue weighted by atomic mass is 32.2. The number of rotatable bonds is 2. The standard InChI is InChI=1S/C8H13N3O2S/c9-7-2-4-11(6-7)14(12,13)8-1-3-10-5-8/h1,3,5,7,10H,2,4,6,9H2/t7-/m1/s1. The van der Waals surface area contributed by atoms with Crippen LogP contribution in [0, 0.1) is 0 Å². The van der Waals surface area contributed by atoms with E-state index in [9.17, 15) is 8.42 Å². The van der Waals surface area contributed by atoms with Gasteiger partial charge in [0.2, 0.25) is 10.0 Å². The van der Waals surface area contributed by atoms with Crippen molar-refractivity contribution in [3.63, 3.8) is 0 Å². The summed E-state index contributed by atoms with van der Waals surface area (Å²) in [4.78, 5) is 3.05. The summed E-state index contributed by atoms with van der Waals surface area (Å²) in [6.45, 7) is 0.947. The third kappa shape index (κ3) is 1.56. The molecule has 1 atom stereocenters. The van der Waals surface area contributed by atoms with Crippen LogP contribution in [0.5, 0.6) is 0 Å². The fraction of sp³-hybridized carbons (Fsp3) is 0.500. The number of H-pyrrole nitrogens is 1. The zero-order valence-corrected chi connectivity index (χ0v) is 8.50. The summed E-state index contributed by atoms with van der Waals surface area (Å²) in [7, 11) is -3.31. The van der Waals surface area contributed by atoms with Gasteiger partial charge in [0.25, 0.3) is 0 Å². The van der Waals surface area contributed by atoms with Crippen LogP contribution in [-0.2, 0) is 10.0 Å². The molecule has 0 aliphatic carbocycles. The third-order valence-corrected chi connectivity index (χ3v) is 4.26. The molecule has 1 aliphatic rings. The molecule has 0 amide bonds. The summed E-state index contributed by atoms with van der Waals surface area (Å²) < 4.78 is 25.2. The van der Waals surface area contributed by atoms with Crippen molar-refractivity contribution in [1.29, 1.82) is 0 Å². The predicted molar refractivity (Wildman–Crippen MR) is 52.1 cm³/mol. The monoisotopic (exact) mass is 215 g/mol. The van der Waals surface area contributed by atoms with Gasteiger partial charge in [0.05, 0.1) is 4.90 Å². The zero-order chi connectivity index (χ0) is 10.2. The van der Waals surface area contributed by atoms with Crippen molar-refractivity contribution in [2.24, 2.45) is 5.73 Å². The molecule has 3 N–H and O–H groups in total. The summed E-state index contributed by atoms with van der Waals surface area (Å²) in [5.74, 6) is 0. The number of aromatic amines is 1. The molecular weight excluding hydrogens is 202 g/mol. The topological polar surface area (TPSA) is 79.2 Å². The van der Waals surface area contributed by atoms with E-state index in [0.29, 0.717) is 18.0 Å². The molecule has 14 heavy (non-hydrogen) atoms. The van der Waals surface area contributed by atoms with E-state index in [0.717, 1.165) is 6.42 Å². The lowest BCUT2D eigenvalue weighted by atomic mass is 10.3. The first-order valence-electron chi connectivity index (χ1n) is 4.49. The van der Waals surface area contributed by atoms with Crippen molar-refractivity contribution in [2.75, 3.05) is 13.1 Å². The molecule has 78 valence electrons. The summed E-state index contributed by atoms with van der Waals surface area (Å²) in [5.41, 5.74) is 5.66. The molecule has 0 spiro atoms. The maximum atomic E-state index is 11.9. The van der Waals surface area contributed by atoms with Gasteiger partial charge in [-0.2, -0.15) is 4.31 Å². The minimum atomic E-state index is -3.31. The normalized spacial score (nSPS) is 24.2. The van der Waals surface area contributed by atoms with E-state index >= 15 is 0 Å². The summed E-state index contributed by atoms with van der Waals surface area (Å²) in [5, 5.41) is 0. The van der Waals surface area contributed by atoms with Gasteiger partial charge in [-0.1, -0.05) is 0 Å². The Labute approximate surface area is 83.0 Å². The molecule has 2 heterocycles. The first kappa shape index (κ1) is 9.70. The number of nitrogens with zero attached hydrogens (tertiary/aromatic N) is 1. The summed E-state index contributed by atoms with van der Waals surface area (Å²) >= 11 is 0. The fourth-order valence-corrected chi connectivity index (χ4v) is 3.08. The highest BCUT2D eigenvalue weighted by molar-refractivity contribution is 7.89. The quantitative estimate of drug-likeness (QED) is 0.713. The minimum absolute atomic E-state index is 0.0243. The van der Waals surface area contributed by atoms with Gasteiger partial charge in [-0.15, -0.1) is 0 Å². The molecule has 2 rings (SSSR count). The van der Waals surface area contributed by atoms with Crippen molar-refractivity contribution < 1.29 is 8.42 Å². The van der Waals surface area contributed by atoms with E-state index in [1.165, 1.54) is 10.5 Å². The van der Waals surface area contributed by atoms with E-state index in [-0.39, 0.29) is 6.04 Å². The number of aromatic nitrogens is 1. The second-order valence-corrected chi connectivity index (χ2v) is 5.40. The largest absolute Gasteiger partial charge is 0.366 e. The molecule has 1 saturated heterocycles. The Bertz CT molecular complexity index is 398. The average Bonchev–Trinajstić information content (AvgIpc) is 2.72. The molecular formula is C8H13N3O2S. The van der Waals surface area contributed by atoms with Gasteiger partial charge in [0.15, 0.2) is 0 Å². The zero-order valence-electron chi connectivity index (χ0n) is 7.68. The van der Waals surface area contributed by atoms with E-state index in [1.54, 1.807) is 12.3 Å². The van der Waals surface area contributed by atoms with Crippen molar-refractivity contribution in [1.82, 2.24) is 9.29 Å². The van der Waals surface area contributed by atoms with Crippen molar-refractivity contribution in [3.05, 3.63) is 18.5 Å². The molecule has 0 radical (unpaired) electrons. The molecule has 0 bridgehead atoms. The van der Waals surface area contributed by atoms with Crippen LogP contribution in [0.4, 0.5) is 0 Å². The summed E-state index contributed by atoms with van der Waals surface area (Å²) in [6, 6.07) is 1.53. The second-order valence-electron chi connectivity index (χ2n) is 3.46. The van der Waals surface area contributed by atoms with Gasteiger partial charge in [0.1, 0.15) is 0 Å². The Hall–Kier alpha value is -0.850. The lowest BCUT2D eigenvalue weighted by molar-refractivity contribution is 0.472. The van der Waals surface area contributed by atoms with Crippen LogP contribution in [0.15, 0.2) is 23.4 Å². The lowest BCUT2D eigenvalue weighted by Crippen LogP contribution is -2.31. The van der Waals surface area contributed by atoms with Crippen LogP contribution in [0.25, 0.3) is 0 Å². The lowest BCUT2D eigenvalue weighted by Gasteiger charge is -2.14. The highest BCUT2D eigenvalue weighted by Gasteiger charge is 2.30. The van der Waals surface area contributed by atoms with Crippen LogP contribution in [0.1, 0.15) is 6.42 Å². The number of nitrogens with two attached hydrogens (primary N) is 1. The van der Waals surface area contributed by atoms with Gasteiger partial charge >= 0.3 is 0 Å². The Morgan fingerprint density at radius 2 is 2.36 bits per heavy atom. The van der Waals surface area contributed by atoms with E-state index < -0.39 is 10.0 Å². The molecule has 1 fully saturated rings. The van der Waals surface area contributed by atoms with Crippen LogP contribution in [-0.4, -0.2) is 36.8 Å². The number of hydrogen-bond donors (Lipinski definition) is 2. The average molecular weight is 215 g/mol. The molecule has 0 unspecified atom stereocenters. The van der Waals surface area contributed by atoms with Gasteiger partial charge in [-0.05, 0) is 12.5 Å². The molecule has 0 aromatic carbocycles. The van der Waals surface area contributed by atoms with E-state index in [4.69, 9.17) is 5.73 Å². The maximum absolute atomic E-state index is 11.9.